The van der Waals surface area contributed by atoms with Crippen LogP contribution in [-0.2, 0) is 19.4 Å². The molecule has 0 aliphatic carbocycles. The number of hydrogen-bond donors (Lipinski definition) is 0. The van der Waals surface area contributed by atoms with E-state index >= 15 is 0 Å². The van der Waals surface area contributed by atoms with Crippen LogP contribution in [0, 0.1) is 0 Å². The minimum absolute atomic E-state index is 0. The van der Waals surface area contributed by atoms with Crippen molar-refractivity contribution in [3.63, 3.8) is 0 Å². The molecule has 0 heterocycles. The highest BCUT2D eigenvalue weighted by Gasteiger charge is 2.14. The smallest absolute Gasteiger partial charge is 0.342 e. The fourth-order valence-electron chi connectivity index (χ4n) is 1.29. The number of ketones is 1. The summed E-state index contributed by atoms with van der Waals surface area (Å²) in [6.07, 6.45) is 0.789. The average molecular weight is 544 g/mol. The van der Waals surface area contributed by atoms with Crippen LogP contribution in [0.3, 0.4) is 0 Å². The summed E-state index contributed by atoms with van der Waals surface area (Å²) in [7, 11) is 12.2. The van der Waals surface area contributed by atoms with Gasteiger partial charge in [0.05, 0.1) is 61.7 Å². The minimum atomic E-state index is -0.481. The van der Waals surface area contributed by atoms with Crippen molar-refractivity contribution in [1.82, 2.24) is 0 Å². The Bertz CT molecular complexity index is 326. The second-order valence-electron chi connectivity index (χ2n) is 7.09. The predicted octanol–water partition coefficient (Wildman–Crippen LogP) is -5.38. The fourth-order valence-corrected chi connectivity index (χ4v) is 1.29. The second kappa shape index (κ2) is 12.8. The van der Waals surface area contributed by atoms with E-state index in [4.69, 9.17) is 4.89 Å². The number of quaternary nitrogens is 2. The average Bonchev–Trinajstić information content (AvgIpc) is 2.27. The van der Waals surface area contributed by atoms with Crippen LogP contribution in [0.4, 0.5) is 0 Å². The van der Waals surface area contributed by atoms with Crippen molar-refractivity contribution in [3.05, 3.63) is 0 Å². The first-order valence-electron chi connectivity index (χ1n) is 6.94. The first-order chi connectivity index (χ1) is 8.99. The molecule has 134 valence electrons. The number of carbonyl (C=O) groups is 2. The highest BCUT2D eigenvalue weighted by molar-refractivity contribution is 5.82. The quantitative estimate of drug-likeness (QED) is 0.0908. The third-order valence-electron chi connectivity index (χ3n) is 2.67. The maximum atomic E-state index is 11.6. The SMILES string of the molecule is C[N+](C)(C)CCOOC(=O)CCC(=O)CC[N+](C)(C)C.[I-].[I-]. The summed E-state index contributed by atoms with van der Waals surface area (Å²) in [6, 6.07) is 0. The number of rotatable bonds is 10. The van der Waals surface area contributed by atoms with Crippen LogP contribution in [0.2, 0.25) is 0 Å². The van der Waals surface area contributed by atoms with E-state index in [0.29, 0.717) is 13.0 Å². The van der Waals surface area contributed by atoms with Gasteiger partial charge in [-0.3, -0.25) is 9.68 Å². The number of Topliss-reactive ketones (excluding diaryl/α,β-unsaturated/α-hetero) is 1. The lowest BCUT2D eigenvalue weighted by Crippen LogP contribution is -3.00. The van der Waals surface area contributed by atoms with Crippen molar-refractivity contribution >= 4 is 11.8 Å². The van der Waals surface area contributed by atoms with E-state index in [1.54, 1.807) is 0 Å². The van der Waals surface area contributed by atoms with E-state index in [0.717, 1.165) is 22.1 Å². The molecule has 0 spiro atoms. The van der Waals surface area contributed by atoms with Crippen LogP contribution in [0.25, 0.3) is 0 Å². The first-order valence-corrected chi connectivity index (χ1v) is 6.94. The first kappa shape index (κ1) is 27.3. The molecule has 0 amide bonds. The van der Waals surface area contributed by atoms with Gasteiger partial charge in [-0.25, -0.2) is 4.79 Å². The van der Waals surface area contributed by atoms with Crippen LogP contribution in [-0.4, -0.2) is 82.7 Å². The lowest BCUT2D eigenvalue weighted by Gasteiger charge is -2.23. The van der Waals surface area contributed by atoms with E-state index < -0.39 is 5.97 Å². The number of nitrogens with zero attached hydrogens (tertiary/aromatic N) is 2. The van der Waals surface area contributed by atoms with E-state index in [1.807, 2.05) is 42.3 Å². The minimum Gasteiger partial charge on any atom is -1.00 e. The van der Waals surface area contributed by atoms with Crippen molar-refractivity contribution in [2.75, 3.05) is 62.0 Å². The normalized spacial score (nSPS) is 11.2. The highest BCUT2D eigenvalue weighted by atomic mass is 127. The Balaban J connectivity index is -0.00000180. The van der Waals surface area contributed by atoms with Gasteiger partial charge in [0.25, 0.3) is 0 Å². The lowest BCUT2D eigenvalue weighted by atomic mass is 10.1. The number of likely N-dealkylation sites (N-methyl/N-ethyl adjacent to an activating group) is 1. The molecule has 0 bridgehead atoms. The lowest BCUT2D eigenvalue weighted by molar-refractivity contribution is -0.871. The zero-order valence-corrected chi connectivity index (χ0v) is 18.8. The summed E-state index contributed by atoms with van der Waals surface area (Å²) >= 11 is 0. The fraction of sp³-hybridized carbons (Fsp3) is 0.857. The van der Waals surface area contributed by atoms with Crippen LogP contribution >= 0.6 is 0 Å². The van der Waals surface area contributed by atoms with Gasteiger partial charge in [-0.2, -0.15) is 4.89 Å². The van der Waals surface area contributed by atoms with Crippen molar-refractivity contribution in [2.45, 2.75) is 19.3 Å². The van der Waals surface area contributed by atoms with Gasteiger partial charge in [0, 0.05) is 6.42 Å². The Morgan fingerprint density at radius 2 is 1.27 bits per heavy atom. The molecule has 0 aromatic rings. The summed E-state index contributed by atoms with van der Waals surface area (Å²) in [4.78, 5) is 32.4. The number of halogens is 2. The van der Waals surface area contributed by atoms with E-state index in [1.165, 1.54) is 0 Å². The summed E-state index contributed by atoms with van der Waals surface area (Å²) in [5.74, 6) is -0.397. The van der Waals surface area contributed by atoms with Gasteiger partial charge in [-0.1, -0.05) is 0 Å². The van der Waals surface area contributed by atoms with Gasteiger partial charge in [0.15, 0.2) is 0 Å². The molecule has 0 aromatic carbocycles. The van der Waals surface area contributed by atoms with Crippen LogP contribution in [0.15, 0.2) is 0 Å². The van der Waals surface area contributed by atoms with Crippen molar-refractivity contribution in [1.29, 1.82) is 0 Å². The Kier molecular flexibility index (Phi) is 16.0. The summed E-state index contributed by atoms with van der Waals surface area (Å²) in [5.41, 5.74) is 0. The Labute approximate surface area is 168 Å². The molecule has 0 unspecified atom stereocenters. The number of carbonyl (C=O) groups excluding carboxylic acids is 2. The molecule has 0 radical (unpaired) electrons. The molecule has 0 N–H and O–H groups in total. The molecular weight excluding hydrogens is 514 g/mol. The van der Waals surface area contributed by atoms with Gasteiger partial charge in [0.2, 0.25) is 0 Å². The van der Waals surface area contributed by atoms with E-state index in [9.17, 15) is 9.59 Å². The van der Waals surface area contributed by atoms with Gasteiger partial charge in [-0.15, -0.1) is 0 Å². The molecule has 0 aromatic heterocycles. The molecule has 0 saturated carbocycles. The van der Waals surface area contributed by atoms with Crippen LogP contribution in [0.1, 0.15) is 19.3 Å². The number of hydrogen-bond acceptors (Lipinski definition) is 4. The van der Waals surface area contributed by atoms with Crippen molar-refractivity contribution < 1.29 is 76.3 Å². The second-order valence-corrected chi connectivity index (χ2v) is 7.09. The van der Waals surface area contributed by atoms with Crippen LogP contribution < -0.4 is 48.0 Å². The largest absolute Gasteiger partial charge is 1.00 e. The molecule has 22 heavy (non-hydrogen) atoms. The van der Waals surface area contributed by atoms with Crippen molar-refractivity contribution in [2.24, 2.45) is 0 Å². The molecular formula is C14H30I2N2O4. The van der Waals surface area contributed by atoms with Gasteiger partial charge in [-0.05, 0) is 0 Å². The third kappa shape index (κ3) is 20.5. The summed E-state index contributed by atoms with van der Waals surface area (Å²) < 4.78 is 1.48. The molecule has 6 nitrogen and oxygen atoms in total. The summed E-state index contributed by atoms with van der Waals surface area (Å²) in [5, 5.41) is 0. The maximum absolute atomic E-state index is 11.6. The van der Waals surface area contributed by atoms with E-state index in [2.05, 4.69) is 4.89 Å². The Morgan fingerprint density at radius 1 is 0.773 bits per heavy atom. The zero-order chi connectivity index (χ0) is 15.8. The van der Waals surface area contributed by atoms with Gasteiger partial charge >= 0.3 is 5.97 Å². The zero-order valence-electron chi connectivity index (χ0n) is 14.5. The van der Waals surface area contributed by atoms with Crippen LogP contribution in [0.5, 0.6) is 0 Å². The molecule has 0 rings (SSSR count). The third-order valence-corrected chi connectivity index (χ3v) is 2.67. The molecule has 0 saturated heterocycles. The molecule has 8 heteroatoms. The molecule has 0 aliphatic heterocycles. The van der Waals surface area contributed by atoms with Gasteiger partial charge in [0.1, 0.15) is 18.9 Å². The van der Waals surface area contributed by atoms with Crippen molar-refractivity contribution in [3.8, 4) is 0 Å². The summed E-state index contributed by atoms with van der Waals surface area (Å²) in [6.45, 7) is 1.87. The topological polar surface area (TPSA) is 52.6 Å². The Hall–Kier alpha value is 0.480. The monoisotopic (exact) mass is 544 g/mol. The van der Waals surface area contributed by atoms with E-state index in [-0.39, 0.29) is 66.6 Å². The maximum Gasteiger partial charge on any atom is 0.342 e. The Morgan fingerprint density at radius 3 is 1.73 bits per heavy atom. The predicted molar refractivity (Wildman–Crippen MR) is 76.7 cm³/mol. The molecule has 0 aliphatic rings. The highest BCUT2D eigenvalue weighted by Crippen LogP contribution is 2.01. The molecule has 0 atom stereocenters. The van der Waals surface area contributed by atoms with Gasteiger partial charge < -0.3 is 56.9 Å². The molecule has 0 fully saturated rings. The standard InChI is InChI=1S/C14H30N2O4.2HI/c1-15(2,3)10-9-13(17)7-8-14(18)20-19-12-11-16(4,5)6;;/h7-12H2,1-6H3;2*1H/q+2;;/p-2.